The van der Waals surface area contributed by atoms with Gasteiger partial charge in [-0.15, -0.1) is 0 Å². The van der Waals surface area contributed by atoms with Gasteiger partial charge < -0.3 is 4.90 Å². The van der Waals surface area contributed by atoms with Gasteiger partial charge in [-0.1, -0.05) is 26.0 Å². The zero-order chi connectivity index (χ0) is 12.0. The Labute approximate surface area is 98.5 Å². The van der Waals surface area contributed by atoms with Crippen LogP contribution >= 0.6 is 0 Å². The van der Waals surface area contributed by atoms with Gasteiger partial charge in [0.25, 0.3) is 0 Å². The van der Waals surface area contributed by atoms with E-state index in [-0.39, 0.29) is 0 Å². The lowest BCUT2D eigenvalue weighted by Crippen LogP contribution is -2.17. The van der Waals surface area contributed by atoms with Gasteiger partial charge in [-0.25, -0.2) is 0 Å². The summed E-state index contributed by atoms with van der Waals surface area (Å²) in [5.74, 6) is 0.624. The summed E-state index contributed by atoms with van der Waals surface area (Å²) < 4.78 is 0. The molecule has 2 nitrogen and oxygen atoms in total. The molecule has 1 unspecified atom stereocenters. The van der Waals surface area contributed by atoms with Crippen LogP contribution in [-0.2, 0) is 0 Å². The standard InChI is InChI=1S/C14H20N2/c1-4-12(2)13-6-8-14(9-7-13)16(3)11-5-10-15/h6-9,12H,4-5,11H2,1-3H3. The van der Waals surface area contributed by atoms with E-state index in [0.29, 0.717) is 12.3 Å². The summed E-state index contributed by atoms with van der Waals surface area (Å²) in [5, 5.41) is 8.53. The van der Waals surface area contributed by atoms with Gasteiger partial charge in [0.1, 0.15) is 0 Å². The summed E-state index contributed by atoms with van der Waals surface area (Å²) in [4.78, 5) is 2.11. The lowest BCUT2D eigenvalue weighted by molar-refractivity contribution is 0.733. The molecule has 1 rings (SSSR count). The number of hydrogen-bond donors (Lipinski definition) is 0. The Morgan fingerprint density at radius 2 is 1.94 bits per heavy atom. The fraction of sp³-hybridized carbons (Fsp3) is 0.500. The number of rotatable bonds is 5. The second kappa shape index (κ2) is 6.17. The number of nitrogens with zero attached hydrogens (tertiary/aromatic N) is 2. The van der Waals surface area contributed by atoms with Gasteiger partial charge in [0.15, 0.2) is 0 Å². The average Bonchev–Trinajstić information content (AvgIpc) is 2.35. The van der Waals surface area contributed by atoms with Gasteiger partial charge in [-0.3, -0.25) is 0 Å². The maximum atomic E-state index is 8.53. The van der Waals surface area contributed by atoms with Crippen LogP contribution in [0, 0.1) is 11.3 Å². The molecule has 0 amide bonds. The van der Waals surface area contributed by atoms with Crippen molar-refractivity contribution in [1.82, 2.24) is 0 Å². The van der Waals surface area contributed by atoms with E-state index in [4.69, 9.17) is 5.26 Å². The van der Waals surface area contributed by atoms with Crippen molar-refractivity contribution in [3.8, 4) is 6.07 Å². The molecule has 16 heavy (non-hydrogen) atoms. The third kappa shape index (κ3) is 3.27. The predicted molar refractivity (Wildman–Crippen MR) is 68.6 cm³/mol. The SMILES string of the molecule is CCC(C)c1ccc(N(C)CCC#N)cc1. The van der Waals surface area contributed by atoms with Crippen molar-refractivity contribution in [1.29, 1.82) is 5.26 Å². The fourth-order valence-electron chi connectivity index (χ4n) is 1.64. The summed E-state index contributed by atoms with van der Waals surface area (Å²) in [7, 11) is 2.02. The second-order valence-electron chi connectivity index (χ2n) is 4.23. The smallest absolute Gasteiger partial charge is 0.0640 e. The van der Waals surface area contributed by atoms with Crippen molar-refractivity contribution in [2.75, 3.05) is 18.5 Å². The number of hydrogen-bond acceptors (Lipinski definition) is 2. The number of benzene rings is 1. The quantitative estimate of drug-likeness (QED) is 0.752. The Hall–Kier alpha value is -1.49. The molecular weight excluding hydrogens is 196 g/mol. The highest BCUT2D eigenvalue weighted by atomic mass is 15.1. The molecule has 0 aliphatic rings. The molecule has 0 aliphatic heterocycles. The molecule has 0 saturated carbocycles. The molecule has 1 aromatic carbocycles. The Morgan fingerprint density at radius 1 is 1.31 bits per heavy atom. The molecule has 0 spiro atoms. The highest BCUT2D eigenvalue weighted by Crippen LogP contribution is 2.21. The minimum atomic E-state index is 0.573. The highest BCUT2D eigenvalue weighted by Gasteiger charge is 2.04. The number of nitriles is 1. The Balaban J connectivity index is 2.67. The van der Waals surface area contributed by atoms with Crippen LogP contribution in [0.15, 0.2) is 24.3 Å². The molecule has 0 fully saturated rings. The van der Waals surface area contributed by atoms with E-state index in [0.717, 1.165) is 6.54 Å². The Morgan fingerprint density at radius 3 is 2.44 bits per heavy atom. The fourth-order valence-corrected chi connectivity index (χ4v) is 1.64. The molecule has 0 bridgehead atoms. The average molecular weight is 216 g/mol. The molecule has 0 saturated heterocycles. The van der Waals surface area contributed by atoms with Gasteiger partial charge in [-0.05, 0) is 30.0 Å². The zero-order valence-corrected chi connectivity index (χ0v) is 10.4. The molecular formula is C14H20N2. The monoisotopic (exact) mass is 216 g/mol. The normalized spacial score (nSPS) is 11.9. The minimum Gasteiger partial charge on any atom is -0.374 e. The first-order valence-corrected chi connectivity index (χ1v) is 5.87. The van der Waals surface area contributed by atoms with Crippen LogP contribution in [-0.4, -0.2) is 13.6 Å². The summed E-state index contributed by atoms with van der Waals surface area (Å²) in [6, 6.07) is 10.8. The molecule has 0 aromatic heterocycles. The van der Waals surface area contributed by atoms with Gasteiger partial charge in [0.2, 0.25) is 0 Å². The van der Waals surface area contributed by atoms with Crippen LogP contribution in [0.2, 0.25) is 0 Å². The van der Waals surface area contributed by atoms with E-state index in [1.54, 1.807) is 0 Å². The third-order valence-electron chi connectivity index (χ3n) is 3.07. The summed E-state index contributed by atoms with van der Waals surface area (Å²) in [6.45, 7) is 5.24. The van der Waals surface area contributed by atoms with Crippen LogP contribution in [0.4, 0.5) is 5.69 Å². The van der Waals surface area contributed by atoms with Crippen molar-refractivity contribution < 1.29 is 0 Å². The van der Waals surface area contributed by atoms with Crippen molar-refractivity contribution in [3.63, 3.8) is 0 Å². The maximum absolute atomic E-state index is 8.53. The Kier molecular flexibility index (Phi) is 4.85. The lowest BCUT2D eigenvalue weighted by Gasteiger charge is -2.18. The van der Waals surface area contributed by atoms with Gasteiger partial charge in [0, 0.05) is 19.3 Å². The minimum absolute atomic E-state index is 0.573. The van der Waals surface area contributed by atoms with Crippen molar-refractivity contribution in [2.45, 2.75) is 32.6 Å². The zero-order valence-electron chi connectivity index (χ0n) is 10.4. The molecule has 0 aliphatic carbocycles. The van der Waals surface area contributed by atoms with Crippen LogP contribution in [0.25, 0.3) is 0 Å². The van der Waals surface area contributed by atoms with Crippen molar-refractivity contribution in [2.24, 2.45) is 0 Å². The summed E-state index contributed by atoms with van der Waals surface area (Å²) >= 11 is 0. The predicted octanol–water partition coefficient (Wildman–Crippen LogP) is 3.55. The Bertz CT molecular complexity index is 348. The van der Waals surface area contributed by atoms with Crippen molar-refractivity contribution in [3.05, 3.63) is 29.8 Å². The van der Waals surface area contributed by atoms with E-state index >= 15 is 0 Å². The van der Waals surface area contributed by atoms with Crippen LogP contribution < -0.4 is 4.90 Å². The van der Waals surface area contributed by atoms with E-state index in [1.165, 1.54) is 17.7 Å². The largest absolute Gasteiger partial charge is 0.374 e. The third-order valence-corrected chi connectivity index (χ3v) is 3.07. The molecule has 2 heteroatoms. The van der Waals surface area contributed by atoms with E-state index < -0.39 is 0 Å². The topological polar surface area (TPSA) is 27.0 Å². The van der Waals surface area contributed by atoms with Crippen LogP contribution in [0.1, 0.15) is 38.2 Å². The molecule has 1 atom stereocenters. The second-order valence-corrected chi connectivity index (χ2v) is 4.23. The number of anilines is 1. The summed E-state index contributed by atoms with van der Waals surface area (Å²) in [6.07, 6.45) is 1.74. The van der Waals surface area contributed by atoms with Gasteiger partial charge in [0.05, 0.1) is 12.5 Å². The first kappa shape index (κ1) is 12.6. The molecule has 0 N–H and O–H groups in total. The highest BCUT2D eigenvalue weighted by molar-refractivity contribution is 5.47. The molecule has 86 valence electrons. The van der Waals surface area contributed by atoms with E-state index in [9.17, 15) is 0 Å². The van der Waals surface area contributed by atoms with E-state index in [1.807, 2.05) is 7.05 Å². The van der Waals surface area contributed by atoms with Gasteiger partial charge in [-0.2, -0.15) is 5.26 Å². The first-order valence-electron chi connectivity index (χ1n) is 5.87. The molecule has 0 heterocycles. The summed E-state index contributed by atoms with van der Waals surface area (Å²) in [5.41, 5.74) is 2.57. The lowest BCUT2D eigenvalue weighted by atomic mass is 9.98. The molecule has 0 radical (unpaired) electrons. The van der Waals surface area contributed by atoms with Crippen LogP contribution in [0.3, 0.4) is 0 Å². The maximum Gasteiger partial charge on any atom is 0.0640 e. The van der Waals surface area contributed by atoms with E-state index in [2.05, 4.69) is 49.1 Å². The van der Waals surface area contributed by atoms with Gasteiger partial charge >= 0.3 is 0 Å². The van der Waals surface area contributed by atoms with Crippen LogP contribution in [0.5, 0.6) is 0 Å². The first-order chi connectivity index (χ1) is 7.69. The molecule has 1 aromatic rings. The van der Waals surface area contributed by atoms with Crippen molar-refractivity contribution >= 4 is 5.69 Å².